The van der Waals surface area contributed by atoms with Crippen molar-refractivity contribution in [2.45, 2.75) is 32.0 Å². The standard InChI is InChI=1S/C13H14F5N/c1-7-2-3-9(14)11(12(7)15)10-6-8(4-5-19-10)13(16,17)18/h2-3,8,10,19H,4-6H2,1H3. The average molecular weight is 279 g/mol. The lowest BCUT2D eigenvalue weighted by Crippen LogP contribution is -2.38. The molecule has 2 rings (SSSR count). The Morgan fingerprint density at radius 2 is 1.89 bits per heavy atom. The van der Waals surface area contributed by atoms with Crippen molar-refractivity contribution in [3.8, 4) is 0 Å². The summed E-state index contributed by atoms with van der Waals surface area (Å²) in [7, 11) is 0. The van der Waals surface area contributed by atoms with E-state index in [1.165, 1.54) is 13.0 Å². The van der Waals surface area contributed by atoms with E-state index in [1.807, 2.05) is 0 Å². The molecule has 0 radical (unpaired) electrons. The molecule has 19 heavy (non-hydrogen) atoms. The van der Waals surface area contributed by atoms with Crippen molar-refractivity contribution in [3.63, 3.8) is 0 Å². The lowest BCUT2D eigenvalue weighted by Gasteiger charge is -2.32. The van der Waals surface area contributed by atoms with Crippen LogP contribution in [-0.4, -0.2) is 12.7 Å². The third-order valence-corrected chi connectivity index (χ3v) is 3.53. The van der Waals surface area contributed by atoms with Gasteiger partial charge in [-0.15, -0.1) is 0 Å². The molecular weight excluding hydrogens is 265 g/mol. The lowest BCUT2D eigenvalue weighted by molar-refractivity contribution is -0.183. The number of aryl methyl sites for hydroxylation is 1. The predicted molar refractivity (Wildman–Crippen MR) is 60.6 cm³/mol. The van der Waals surface area contributed by atoms with Crippen molar-refractivity contribution in [3.05, 3.63) is 34.9 Å². The summed E-state index contributed by atoms with van der Waals surface area (Å²) in [6, 6.07) is 1.44. The molecule has 0 spiro atoms. The molecule has 2 atom stereocenters. The number of hydrogen-bond acceptors (Lipinski definition) is 1. The Labute approximate surface area is 107 Å². The number of benzene rings is 1. The summed E-state index contributed by atoms with van der Waals surface area (Å²) in [5.74, 6) is -3.08. The van der Waals surface area contributed by atoms with Crippen molar-refractivity contribution < 1.29 is 22.0 Å². The van der Waals surface area contributed by atoms with E-state index >= 15 is 0 Å². The molecule has 1 heterocycles. The summed E-state index contributed by atoms with van der Waals surface area (Å²) in [5.41, 5.74) is -0.0544. The van der Waals surface area contributed by atoms with Gasteiger partial charge in [0.05, 0.1) is 5.92 Å². The Bertz CT molecular complexity index is 469. The van der Waals surface area contributed by atoms with Crippen LogP contribution in [0.5, 0.6) is 0 Å². The van der Waals surface area contributed by atoms with Gasteiger partial charge in [-0.05, 0) is 37.9 Å². The predicted octanol–water partition coefficient (Wildman–Crippen LogP) is 3.88. The maximum absolute atomic E-state index is 13.9. The molecular formula is C13H14F5N. The SMILES string of the molecule is Cc1ccc(F)c(C2CC(C(F)(F)F)CCN2)c1F. The first-order chi connectivity index (χ1) is 8.80. The summed E-state index contributed by atoms with van der Waals surface area (Å²) in [5, 5.41) is 2.77. The molecule has 1 N–H and O–H groups in total. The second-order valence-electron chi connectivity index (χ2n) is 4.86. The van der Waals surface area contributed by atoms with Crippen LogP contribution in [0.25, 0.3) is 0 Å². The Kier molecular flexibility index (Phi) is 3.80. The van der Waals surface area contributed by atoms with E-state index in [1.54, 1.807) is 0 Å². The molecule has 1 aliphatic rings. The van der Waals surface area contributed by atoms with Gasteiger partial charge in [0.15, 0.2) is 0 Å². The number of halogens is 5. The molecule has 106 valence electrons. The number of rotatable bonds is 1. The maximum Gasteiger partial charge on any atom is 0.391 e. The van der Waals surface area contributed by atoms with Crippen LogP contribution >= 0.6 is 0 Å². The number of piperidine rings is 1. The number of nitrogens with one attached hydrogen (secondary N) is 1. The molecule has 1 saturated heterocycles. The van der Waals surface area contributed by atoms with E-state index in [0.29, 0.717) is 0 Å². The minimum absolute atomic E-state index is 0.0605. The molecule has 1 aromatic rings. The quantitative estimate of drug-likeness (QED) is 0.769. The van der Waals surface area contributed by atoms with Crippen LogP contribution in [0.4, 0.5) is 22.0 Å². The highest BCUT2D eigenvalue weighted by Crippen LogP contribution is 2.39. The summed E-state index contributed by atoms with van der Waals surface area (Å²) < 4.78 is 65.7. The first-order valence-corrected chi connectivity index (χ1v) is 6.05. The molecule has 0 bridgehead atoms. The summed E-state index contributed by atoms with van der Waals surface area (Å²) in [4.78, 5) is 0. The monoisotopic (exact) mass is 279 g/mol. The van der Waals surface area contributed by atoms with Gasteiger partial charge in [0, 0.05) is 11.6 Å². The van der Waals surface area contributed by atoms with E-state index in [4.69, 9.17) is 0 Å². The first kappa shape index (κ1) is 14.2. The van der Waals surface area contributed by atoms with Crippen molar-refractivity contribution in [1.29, 1.82) is 0 Å². The zero-order valence-electron chi connectivity index (χ0n) is 10.3. The molecule has 1 fully saturated rings. The molecule has 1 aromatic carbocycles. The Morgan fingerprint density at radius 1 is 1.21 bits per heavy atom. The minimum atomic E-state index is -4.32. The summed E-state index contributed by atoms with van der Waals surface area (Å²) in [6.07, 6.45) is -4.72. The first-order valence-electron chi connectivity index (χ1n) is 6.05. The lowest BCUT2D eigenvalue weighted by atomic mass is 9.87. The fourth-order valence-corrected chi connectivity index (χ4v) is 2.43. The van der Waals surface area contributed by atoms with Crippen LogP contribution in [-0.2, 0) is 0 Å². The molecule has 0 aliphatic carbocycles. The van der Waals surface area contributed by atoms with Crippen LogP contribution in [0.2, 0.25) is 0 Å². The molecule has 1 aliphatic heterocycles. The highest BCUT2D eigenvalue weighted by Gasteiger charge is 2.43. The van der Waals surface area contributed by atoms with Gasteiger partial charge in [-0.3, -0.25) is 0 Å². The van der Waals surface area contributed by atoms with Crippen molar-refractivity contribution >= 4 is 0 Å². The van der Waals surface area contributed by atoms with Crippen LogP contribution in [0, 0.1) is 24.5 Å². The largest absolute Gasteiger partial charge is 0.391 e. The van der Waals surface area contributed by atoms with Gasteiger partial charge in [0.1, 0.15) is 11.6 Å². The molecule has 0 aromatic heterocycles. The molecule has 1 nitrogen and oxygen atoms in total. The Hall–Kier alpha value is -1.17. The third-order valence-electron chi connectivity index (χ3n) is 3.53. The van der Waals surface area contributed by atoms with Gasteiger partial charge < -0.3 is 5.32 Å². The molecule has 6 heteroatoms. The van der Waals surface area contributed by atoms with Gasteiger partial charge >= 0.3 is 6.18 Å². The normalized spacial score (nSPS) is 24.5. The molecule has 0 amide bonds. The van der Waals surface area contributed by atoms with E-state index < -0.39 is 29.8 Å². The fourth-order valence-electron chi connectivity index (χ4n) is 2.43. The van der Waals surface area contributed by atoms with Crippen LogP contribution in [0.1, 0.15) is 30.0 Å². The summed E-state index contributed by atoms with van der Waals surface area (Å²) >= 11 is 0. The van der Waals surface area contributed by atoms with Crippen molar-refractivity contribution in [2.24, 2.45) is 5.92 Å². The van der Waals surface area contributed by atoms with Crippen LogP contribution in [0.15, 0.2) is 12.1 Å². The van der Waals surface area contributed by atoms with Gasteiger partial charge in [0.2, 0.25) is 0 Å². The second-order valence-corrected chi connectivity index (χ2v) is 4.86. The van der Waals surface area contributed by atoms with E-state index in [-0.39, 0.29) is 30.5 Å². The van der Waals surface area contributed by atoms with Gasteiger partial charge in [0.25, 0.3) is 0 Å². The minimum Gasteiger partial charge on any atom is -0.310 e. The Balaban J connectivity index is 2.30. The number of alkyl halides is 3. The fraction of sp³-hybridized carbons (Fsp3) is 0.538. The average Bonchev–Trinajstić information content (AvgIpc) is 2.34. The molecule has 0 saturated carbocycles. The van der Waals surface area contributed by atoms with Crippen molar-refractivity contribution in [2.75, 3.05) is 6.54 Å². The zero-order valence-corrected chi connectivity index (χ0v) is 10.3. The number of hydrogen-bond donors (Lipinski definition) is 1. The van der Waals surface area contributed by atoms with E-state index in [9.17, 15) is 22.0 Å². The highest BCUT2D eigenvalue weighted by atomic mass is 19.4. The second kappa shape index (κ2) is 5.07. The maximum atomic E-state index is 13.9. The molecule has 2 unspecified atom stereocenters. The van der Waals surface area contributed by atoms with Crippen LogP contribution < -0.4 is 5.32 Å². The third kappa shape index (κ3) is 2.88. The van der Waals surface area contributed by atoms with Gasteiger partial charge in [-0.2, -0.15) is 13.2 Å². The van der Waals surface area contributed by atoms with Crippen molar-refractivity contribution in [1.82, 2.24) is 5.32 Å². The van der Waals surface area contributed by atoms with Gasteiger partial charge in [-0.1, -0.05) is 6.07 Å². The van der Waals surface area contributed by atoms with E-state index in [0.717, 1.165) is 6.07 Å². The zero-order chi connectivity index (χ0) is 14.2. The Morgan fingerprint density at radius 3 is 2.53 bits per heavy atom. The highest BCUT2D eigenvalue weighted by molar-refractivity contribution is 5.29. The topological polar surface area (TPSA) is 12.0 Å². The van der Waals surface area contributed by atoms with Crippen LogP contribution in [0.3, 0.4) is 0 Å². The van der Waals surface area contributed by atoms with Gasteiger partial charge in [-0.25, -0.2) is 8.78 Å². The van der Waals surface area contributed by atoms with E-state index in [2.05, 4.69) is 5.32 Å². The smallest absolute Gasteiger partial charge is 0.310 e. The summed E-state index contributed by atoms with van der Waals surface area (Å²) in [6.45, 7) is 1.56.